The van der Waals surface area contributed by atoms with Crippen molar-refractivity contribution in [2.75, 3.05) is 12.4 Å². The van der Waals surface area contributed by atoms with Crippen LogP contribution < -0.4 is 10.1 Å². The van der Waals surface area contributed by atoms with Crippen molar-refractivity contribution >= 4 is 33.1 Å². The average Bonchev–Trinajstić information content (AvgIpc) is 2.69. The molecular weight excluding hydrogens is 409 g/mol. The van der Waals surface area contributed by atoms with E-state index in [1.165, 1.54) is 12.1 Å². The van der Waals surface area contributed by atoms with Gasteiger partial charge in [0.2, 0.25) is 0 Å². The molecule has 27 heavy (non-hydrogen) atoms. The first-order valence-electron chi connectivity index (χ1n) is 8.55. The molecule has 3 nitrogen and oxygen atoms in total. The van der Waals surface area contributed by atoms with Crippen molar-refractivity contribution in [2.24, 2.45) is 0 Å². The fourth-order valence-electron chi connectivity index (χ4n) is 2.85. The maximum absolute atomic E-state index is 13.4. The molecule has 0 saturated carbocycles. The van der Waals surface area contributed by atoms with E-state index in [4.69, 9.17) is 4.74 Å². The Morgan fingerprint density at radius 2 is 1.81 bits per heavy atom. The van der Waals surface area contributed by atoms with E-state index >= 15 is 0 Å². The molecule has 0 spiro atoms. The molecule has 5 heteroatoms. The predicted molar refractivity (Wildman–Crippen MR) is 110 cm³/mol. The molecule has 0 heterocycles. The van der Waals surface area contributed by atoms with Gasteiger partial charge in [-0.25, -0.2) is 4.39 Å². The smallest absolute Gasteiger partial charge is 0.196 e. The second-order valence-electron chi connectivity index (χ2n) is 6.03. The van der Waals surface area contributed by atoms with Gasteiger partial charge in [-0.15, -0.1) is 0 Å². The number of benzene rings is 3. The van der Waals surface area contributed by atoms with E-state index < -0.39 is 0 Å². The van der Waals surface area contributed by atoms with E-state index in [1.54, 1.807) is 37.4 Å². The summed E-state index contributed by atoms with van der Waals surface area (Å²) in [7, 11) is 1.54. The number of hydrogen-bond acceptors (Lipinski definition) is 3. The fourth-order valence-corrected chi connectivity index (χ4v) is 3.21. The number of nitrogens with one attached hydrogen (secondary N) is 1. The second kappa shape index (κ2) is 8.35. The molecule has 0 aliphatic heterocycles. The lowest BCUT2D eigenvalue weighted by Gasteiger charge is -2.12. The van der Waals surface area contributed by atoms with Crippen LogP contribution in [0.5, 0.6) is 5.75 Å². The molecule has 3 rings (SSSR count). The van der Waals surface area contributed by atoms with Crippen LogP contribution in [0.15, 0.2) is 65.1 Å². The Morgan fingerprint density at radius 1 is 1.07 bits per heavy atom. The van der Waals surface area contributed by atoms with Gasteiger partial charge in [-0.2, -0.15) is 0 Å². The number of carbonyl (C=O) groups is 1. The van der Waals surface area contributed by atoms with Crippen molar-refractivity contribution in [3.05, 3.63) is 87.6 Å². The van der Waals surface area contributed by atoms with Gasteiger partial charge in [0.1, 0.15) is 11.6 Å². The number of methoxy groups -OCH3 is 1. The minimum Gasteiger partial charge on any atom is -0.496 e. The van der Waals surface area contributed by atoms with Gasteiger partial charge in [0.05, 0.1) is 12.7 Å². The van der Waals surface area contributed by atoms with E-state index in [2.05, 4.69) is 21.2 Å². The molecule has 0 fully saturated rings. The number of carbonyl (C=O) groups excluding carboxylic acids is 1. The van der Waals surface area contributed by atoms with Crippen LogP contribution >= 0.6 is 15.9 Å². The van der Waals surface area contributed by atoms with Gasteiger partial charge in [-0.05, 0) is 72.6 Å². The lowest BCUT2D eigenvalue weighted by Crippen LogP contribution is -2.04. The van der Waals surface area contributed by atoms with Crippen LogP contribution in [0.25, 0.3) is 0 Å². The molecule has 0 aromatic heterocycles. The van der Waals surface area contributed by atoms with Gasteiger partial charge in [0.25, 0.3) is 0 Å². The van der Waals surface area contributed by atoms with Crippen molar-refractivity contribution < 1.29 is 13.9 Å². The highest BCUT2D eigenvalue weighted by atomic mass is 79.9. The summed E-state index contributed by atoms with van der Waals surface area (Å²) in [6.07, 6.45) is 0.722. The normalized spacial score (nSPS) is 10.5. The first-order valence-corrected chi connectivity index (χ1v) is 9.35. The van der Waals surface area contributed by atoms with E-state index in [-0.39, 0.29) is 11.6 Å². The van der Waals surface area contributed by atoms with Crippen LogP contribution in [-0.4, -0.2) is 12.9 Å². The van der Waals surface area contributed by atoms with Gasteiger partial charge < -0.3 is 10.1 Å². The van der Waals surface area contributed by atoms with Crippen LogP contribution in [0.2, 0.25) is 0 Å². The molecule has 138 valence electrons. The first-order chi connectivity index (χ1) is 13.0. The summed E-state index contributed by atoms with van der Waals surface area (Å²) in [5, 5.41) is 3.28. The van der Waals surface area contributed by atoms with E-state index in [9.17, 15) is 9.18 Å². The van der Waals surface area contributed by atoms with Crippen LogP contribution in [0, 0.1) is 5.82 Å². The summed E-state index contributed by atoms with van der Waals surface area (Å²) in [5.41, 5.74) is 3.64. The highest BCUT2D eigenvalue weighted by Crippen LogP contribution is 2.27. The summed E-state index contributed by atoms with van der Waals surface area (Å²) in [5.74, 6) is 0.168. The number of rotatable bonds is 6. The third-order valence-electron chi connectivity index (χ3n) is 4.28. The number of anilines is 2. The topological polar surface area (TPSA) is 38.3 Å². The summed E-state index contributed by atoms with van der Waals surface area (Å²) in [6.45, 7) is 1.98. The van der Waals surface area contributed by atoms with Gasteiger partial charge in [0.15, 0.2) is 5.78 Å². The van der Waals surface area contributed by atoms with E-state index in [0.29, 0.717) is 16.9 Å². The maximum atomic E-state index is 13.4. The zero-order valence-electron chi connectivity index (χ0n) is 15.1. The average molecular weight is 428 g/mol. The first kappa shape index (κ1) is 19.1. The minimum atomic E-state index is -0.249. The van der Waals surface area contributed by atoms with Gasteiger partial charge >= 0.3 is 0 Å². The monoisotopic (exact) mass is 427 g/mol. The van der Waals surface area contributed by atoms with Gasteiger partial charge in [-0.1, -0.05) is 22.9 Å². The Bertz CT molecular complexity index is 971. The SMILES string of the molecule is CCc1cc(F)ccc1Nc1ccc(C(=O)c2cc(Br)ccc2OC)cc1. The number of aryl methyl sites for hydroxylation is 1. The molecule has 0 amide bonds. The zero-order chi connectivity index (χ0) is 19.4. The van der Waals surface area contributed by atoms with Crippen molar-refractivity contribution in [3.8, 4) is 5.75 Å². The van der Waals surface area contributed by atoms with Crippen LogP contribution in [0.3, 0.4) is 0 Å². The maximum Gasteiger partial charge on any atom is 0.196 e. The highest BCUT2D eigenvalue weighted by Gasteiger charge is 2.15. The Morgan fingerprint density at radius 3 is 2.48 bits per heavy atom. The molecule has 3 aromatic rings. The lowest BCUT2D eigenvalue weighted by atomic mass is 10.0. The van der Waals surface area contributed by atoms with Gasteiger partial charge in [0, 0.05) is 21.4 Å². The number of halogens is 2. The molecule has 1 N–H and O–H groups in total. The summed E-state index contributed by atoms with van der Waals surface area (Å²) in [6, 6.07) is 17.2. The summed E-state index contributed by atoms with van der Waals surface area (Å²) >= 11 is 3.39. The minimum absolute atomic E-state index is 0.115. The summed E-state index contributed by atoms with van der Waals surface area (Å²) in [4.78, 5) is 12.8. The molecule has 0 unspecified atom stereocenters. The molecule has 0 saturated heterocycles. The molecule has 0 aliphatic rings. The quantitative estimate of drug-likeness (QED) is 0.480. The van der Waals surface area contributed by atoms with Crippen molar-refractivity contribution in [1.29, 1.82) is 0 Å². The molecule has 0 atom stereocenters. The molecular formula is C22H19BrFNO2. The van der Waals surface area contributed by atoms with Gasteiger partial charge in [-0.3, -0.25) is 4.79 Å². The van der Waals surface area contributed by atoms with E-state index in [0.717, 1.165) is 27.8 Å². The third-order valence-corrected chi connectivity index (χ3v) is 4.77. The Hall–Kier alpha value is -2.66. The largest absolute Gasteiger partial charge is 0.496 e. The zero-order valence-corrected chi connectivity index (χ0v) is 16.6. The van der Waals surface area contributed by atoms with Crippen molar-refractivity contribution in [1.82, 2.24) is 0 Å². The van der Waals surface area contributed by atoms with Crippen molar-refractivity contribution in [3.63, 3.8) is 0 Å². The lowest BCUT2D eigenvalue weighted by molar-refractivity contribution is 0.103. The molecule has 3 aromatic carbocycles. The summed E-state index contributed by atoms with van der Waals surface area (Å²) < 4.78 is 19.5. The Balaban J connectivity index is 1.84. The van der Waals surface area contributed by atoms with Crippen LogP contribution in [0.4, 0.5) is 15.8 Å². The van der Waals surface area contributed by atoms with E-state index in [1.807, 2.05) is 25.1 Å². The highest BCUT2D eigenvalue weighted by molar-refractivity contribution is 9.10. The van der Waals surface area contributed by atoms with Crippen LogP contribution in [0.1, 0.15) is 28.4 Å². The fraction of sp³-hybridized carbons (Fsp3) is 0.136. The number of ketones is 1. The molecule has 0 radical (unpaired) electrons. The second-order valence-corrected chi connectivity index (χ2v) is 6.95. The molecule has 0 bridgehead atoms. The number of ether oxygens (including phenoxy) is 1. The molecule has 0 aliphatic carbocycles. The standard InChI is InChI=1S/C22H19BrFNO2/c1-3-14-12-17(24)7-10-20(14)25-18-8-4-15(5-9-18)22(26)19-13-16(23)6-11-21(19)27-2/h4-13,25H,3H2,1-2H3. The predicted octanol–water partition coefficient (Wildman–Crippen LogP) is 6.13. The Labute approximate surface area is 166 Å². The Kier molecular flexibility index (Phi) is 5.91. The van der Waals surface area contributed by atoms with Crippen molar-refractivity contribution in [2.45, 2.75) is 13.3 Å². The third kappa shape index (κ3) is 4.37. The number of hydrogen-bond donors (Lipinski definition) is 1. The van der Waals surface area contributed by atoms with Crippen LogP contribution in [-0.2, 0) is 6.42 Å².